The second-order valence-electron chi connectivity index (χ2n) is 6.51. The van der Waals surface area contributed by atoms with E-state index in [1.807, 2.05) is 38.1 Å². The van der Waals surface area contributed by atoms with E-state index in [-0.39, 0.29) is 16.7 Å². The number of carbonyl (C=O) groups is 1. The van der Waals surface area contributed by atoms with E-state index in [0.717, 1.165) is 21.8 Å². The second-order valence-corrected chi connectivity index (χ2v) is 10.3. The number of rotatable bonds is 9. The Morgan fingerprint density at radius 3 is 2.63 bits per heavy atom. The van der Waals surface area contributed by atoms with Crippen molar-refractivity contribution in [3.8, 4) is 0 Å². The van der Waals surface area contributed by atoms with Gasteiger partial charge in [0, 0.05) is 29.2 Å². The molecule has 0 fully saturated rings. The molecule has 160 valence electrons. The van der Waals surface area contributed by atoms with Crippen molar-refractivity contribution in [2.75, 3.05) is 13.1 Å². The zero-order valence-corrected chi connectivity index (χ0v) is 19.1. The fraction of sp³-hybridized carbons (Fsp3) is 0.300. The van der Waals surface area contributed by atoms with Gasteiger partial charge >= 0.3 is 0 Å². The average Bonchev–Trinajstić information content (AvgIpc) is 3.39. The van der Waals surface area contributed by atoms with Crippen molar-refractivity contribution in [1.82, 2.24) is 19.4 Å². The van der Waals surface area contributed by atoms with Gasteiger partial charge in [0.2, 0.25) is 0 Å². The third-order valence-corrected chi connectivity index (χ3v) is 8.52. The minimum Gasteiger partial charge on any atom is -0.347 e. The van der Waals surface area contributed by atoms with Crippen LogP contribution in [0.1, 0.15) is 34.6 Å². The number of amides is 1. The molecule has 1 aromatic carbocycles. The van der Waals surface area contributed by atoms with Crippen LogP contribution in [0.15, 0.2) is 53.0 Å². The number of thiophene rings is 1. The van der Waals surface area contributed by atoms with Crippen LogP contribution in [0.2, 0.25) is 5.02 Å². The Hall–Kier alpha value is -2.20. The fourth-order valence-corrected chi connectivity index (χ4v) is 6.02. The summed E-state index contributed by atoms with van der Waals surface area (Å²) in [6.45, 7) is 5.16. The number of hydrogen-bond acceptors (Lipinski definition) is 5. The van der Waals surface area contributed by atoms with Crippen LogP contribution in [0, 0.1) is 0 Å². The van der Waals surface area contributed by atoms with Gasteiger partial charge < -0.3 is 5.32 Å². The molecule has 30 heavy (non-hydrogen) atoms. The van der Waals surface area contributed by atoms with Crippen LogP contribution in [0.25, 0.3) is 0 Å². The standard InChI is InChI=1S/C20H23ClN4O3S2/c1-3-25(4-2)30(27,28)19-10-9-17(29-19)12-22-20(26)16-11-23-24(14-16)13-15-7-5-6-8-18(15)21/h5-11,14H,3-4,12-13H2,1-2H3,(H,22,26). The van der Waals surface area contributed by atoms with Gasteiger partial charge in [0.25, 0.3) is 15.9 Å². The highest BCUT2D eigenvalue weighted by molar-refractivity contribution is 7.91. The zero-order valence-electron chi connectivity index (χ0n) is 16.7. The molecule has 0 bridgehead atoms. The lowest BCUT2D eigenvalue weighted by Crippen LogP contribution is -2.29. The number of halogens is 1. The SMILES string of the molecule is CCN(CC)S(=O)(=O)c1ccc(CNC(=O)c2cnn(Cc3ccccc3Cl)c2)s1. The van der Waals surface area contributed by atoms with Crippen LogP contribution < -0.4 is 5.32 Å². The van der Waals surface area contributed by atoms with Crippen LogP contribution in [-0.4, -0.2) is 41.5 Å². The lowest BCUT2D eigenvalue weighted by molar-refractivity contribution is 0.0951. The summed E-state index contributed by atoms with van der Waals surface area (Å²) in [5.41, 5.74) is 1.34. The molecular formula is C20H23ClN4O3S2. The van der Waals surface area contributed by atoms with Crippen LogP contribution in [0.5, 0.6) is 0 Å². The Morgan fingerprint density at radius 2 is 1.93 bits per heavy atom. The van der Waals surface area contributed by atoms with Gasteiger partial charge in [-0.2, -0.15) is 9.40 Å². The molecule has 0 radical (unpaired) electrons. The Labute approximate surface area is 185 Å². The predicted molar refractivity (Wildman–Crippen MR) is 118 cm³/mol. The Morgan fingerprint density at radius 1 is 1.20 bits per heavy atom. The normalized spacial score (nSPS) is 11.7. The van der Waals surface area contributed by atoms with Crippen molar-refractivity contribution >= 4 is 38.9 Å². The van der Waals surface area contributed by atoms with Crippen molar-refractivity contribution in [3.63, 3.8) is 0 Å². The van der Waals surface area contributed by atoms with Gasteiger partial charge in [0.1, 0.15) is 4.21 Å². The first-order valence-corrected chi connectivity index (χ1v) is 12.1. The fourth-order valence-electron chi connectivity index (χ4n) is 2.92. The van der Waals surface area contributed by atoms with Gasteiger partial charge in [0.05, 0.1) is 24.8 Å². The Bertz CT molecular complexity index is 1120. The molecule has 0 unspecified atom stereocenters. The maximum Gasteiger partial charge on any atom is 0.254 e. The second kappa shape index (κ2) is 9.74. The number of sulfonamides is 1. The number of benzene rings is 1. The minimum atomic E-state index is -3.49. The first-order chi connectivity index (χ1) is 14.3. The molecule has 3 rings (SSSR count). The average molecular weight is 467 g/mol. The highest BCUT2D eigenvalue weighted by Gasteiger charge is 2.23. The smallest absolute Gasteiger partial charge is 0.254 e. The molecule has 3 aromatic rings. The highest BCUT2D eigenvalue weighted by Crippen LogP contribution is 2.25. The summed E-state index contributed by atoms with van der Waals surface area (Å²) in [4.78, 5) is 13.2. The van der Waals surface area contributed by atoms with Crippen molar-refractivity contribution in [2.24, 2.45) is 0 Å². The Balaban J connectivity index is 1.61. The van der Waals surface area contributed by atoms with E-state index in [0.29, 0.717) is 30.2 Å². The van der Waals surface area contributed by atoms with Crippen LogP contribution in [-0.2, 0) is 23.1 Å². The molecule has 0 spiro atoms. The first kappa shape index (κ1) is 22.5. The maximum absolute atomic E-state index is 12.6. The minimum absolute atomic E-state index is 0.243. The number of hydrogen-bond donors (Lipinski definition) is 1. The van der Waals surface area contributed by atoms with Crippen molar-refractivity contribution in [3.05, 3.63) is 69.8 Å². The van der Waals surface area contributed by atoms with Gasteiger partial charge in [-0.1, -0.05) is 43.6 Å². The van der Waals surface area contributed by atoms with Gasteiger partial charge in [-0.3, -0.25) is 9.48 Å². The quantitative estimate of drug-likeness (QED) is 0.522. The van der Waals surface area contributed by atoms with Gasteiger partial charge in [-0.25, -0.2) is 8.42 Å². The van der Waals surface area contributed by atoms with Crippen LogP contribution in [0.3, 0.4) is 0 Å². The molecule has 0 aliphatic carbocycles. The molecule has 0 saturated heterocycles. The molecule has 7 nitrogen and oxygen atoms in total. The topological polar surface area (TPSA) is 84.3 Å². The van der Waals surface area contributed by atoms with Gasteiger partial charge in [0.15, 0.2) is 0 Å². The number of nitrogens with one attached hydrogen (secondary N) is 1. The molecule has 2 heterocycles. The molecule has 1 amide bonds. The summed E-state index contributed by atoms with van der Waals surface area (Å²) < 4.78 is 28.5. The van der Waals surface area contributed by atoms with E-state index in [4.69, 9.17) is 11.6 Å². The van der Waals surface area contributed by atoms with Gasteiger partial charge in [-0.15, -0.1) is 11.3 Å². The van der Waals surface area contributed by atoms with E-state index >= 15 is 0 Å². The molecule has 0 aliphatic rings. The molecular weight excluding hydrogens is 444 g/mol. The Kier molecular flexibility index (Phi) is 7.30. The molecule has 1 N–H and O–H groups in total. The summed E-state index contributed by atoms with van der Waals surface area (Å²) in [6.07, 6.45) is 3.15. The molecule has 2 aromatic heterocycles. The predicted octanol–water partition coefficient (Wildman–Crippen LogP) is 3.61. The number of aromatic nitrogens is 2. The summed E-state index contributed by atoms with van der Waals surface area (Å²) in [7, 11) is -3.49. The maximum atomic E-state index is 12.6. The summed E-state index contributed by atoms with van der Waals surface area (Å²) >= 11 is 7.33. The van der Waals surface area contributed by atoms with Crippen molar-refractivity contribution in [1.29, 1.82) is 0 Å². The van der Waals surface area contributed by atoms with E-state index in [9.17, 15) is 13.2 Å². The van der Waals surface area contributed by atoms with E-state index < -0.39 is 10.0 Å². The summed E-state index contributed by atoms with van der Waals surface area (Å²) in [5.74, 6) is -0.276. The number of carbonyl (C=O) groups excluding carboxylic acids is 1. The summed E-state index contributed by atoms with van der Waals surface area (Å²) in [6, 6.07) is 10.8. The molecule has 0 aliphatic heterocycles. The van der Waals surface area contributed by atoms with Crippen LogP contribution >= 0.6 is 22.9 Å². The third kappa shape index (κ3) is 5.10. The monoisotopic (exact) mass is 466 g/mol. The molecule has 10 heteroatoms. The largest absolute Gasteiger partial charge is 0.347 e. The van der Waals surface area contributed by atoms with E-state index in [1.165, 1.54) is 10.5 Å². The number of nitrogens with zero attached hydrogens (tertiary/aromatic N) is 3. The highest BCUT2D eigenvalue weighted by atomic mass is 35.5. The van der Waals surface area contributed by atoms with Gasteiger partial charge in [-0.05, 0) is 23.8 Å². The third-order valence-electron chi connectivity index (χ3n) is 4.55. The van der Waals surface area contributed by atoms with Crippen molar-refractivity contribution < 1.29 is 13.2 Å². The molecule has 0 saturated carbocycles. The lowest BCUT2D eigenvalue weighted by atomic mass is 10.2. The van der Waals surface area contributed by atoms with E-state index in [2.05, 4.69) is 10.4 Å². The lowest BCUT2D eigenvalue weighted by Gasteiger charge is -2.16. The summed E-state index contributed by atoms with van der Waals surface area (Å²) in [5, 5.41) is 7.67. The van der Waals surface area contributed by atoms with Crippen molar-refractivity contribution in [2.45, 2.75) is 31.1 Å². The molecule has 0 atom stereocenters. The van der Waals surface area contributed by atoms with E-state index in [1.54, 1.807) is 23.0 Å². The first-order valence-electron chi connectivity index (χ1n) is 9.48. The van der Waals surface area contributed by atoms with Crippen LogP contribution in [0.4, 0.5) is 0 Å². The zero-order chi connectivity index (χ0) is 21.7.